The number of para-hydroxylation sites is 1. The molecule has 2 amide bonds. The molecule has 1 saturated heterocycles. The van der Waals surface area contributed by atoms with Gasteiger partial charge in [0.25, 0.3) is 5.91 Å². The van der Waals surface area contributed by atoms with E-state index in [0.29, 0.717) is 50.5 Å². The van der Waals surface area contributed by atoms with E-state index < -0.39 is 0 Å². The molecule has 2 aromatic carbocycles. The molecular formula is C23H25N3O3. The quantitative estimate of drug-likeness (QED) is 0.672. The van der Waals surface area contributed by atoms with Crippen LogP contribution in [0, 0.1) is 0 Å². The molecule has 6 heteroatoms. The Morgan fingerprint density at radius 2 is 1.69 bits per heavy atom. The Morgan fingerprint density at radius 3 is 2.48 bits per heavy atom. The van der Waals surface area contributed by atoms with Gasteiger partial charge in [0, 0.05) is 56.4 Å². The number of amides is 2. The molecule has 4 rings (SSSR count). The summed E-state index contributed by atoms with van der Waals surface area (Å²) in [6.45, 7) is 2.90. The molecule has 0 unspecified atom stereocenters. The van der Waals surface area contributed by atoms with E-state index in [1.54, 1.807) is 24.1 Å². The van der Waals surface area contributed by atoms with Crippen molar-refractivity contribution in [2.45, 2.75) is 13.0 Å². The van der Waals surface area contributed by atoms with Gasteiger partial charge in [0.2, 0.25) is 5.91 Å². The second-order valence-corrected chi connectivity index (χ2v) is 7.22. The van der Waals surface area contributed by atoms with Crippen LogP contribution in [0.3, 0.4) is 0 Å². The molecule has 3 aromatic rings. The number of carbonyl (C=O) groups is 2. The van der Waals surface area contributed by atoms with Gasteiger partial charge in [-0.25, -0.2) is 0 Å². The summed E-state index contributed by atoms with van der Waals surface area (Å²) in [7, 11) is 1.59. The number of hydrogen-bond donors (Lipinski definition) is 0. The average Bonchev–Trinajstić information content (AvgIpc) is 3.20. The molecule has 6 nitrogen and oxygen atoms in total. The SMILES string of the molecule is COc1cccc(C(=O)N2CCN(C(=O)CCn3ccc4ccccc43)CC2)c1. The number of rotatable bonds is 5. The Balaban J connectivity index is 1.30. The summed E-state index contributed by atoms with van der Waals surface area (Å²) < 4.78 is 7.32. The molecule has 1 aromatic heterocycles. The van der Waals surface area contributed by atoms with Crippen molar-refractivity contribution in [1.82, 2.24) is 14.4 Å². The number of methoxy groups -OCH3 is 1. The number of aromatic nitrogens is 1. The standard InChI is InChI=1S/C23H25N3O3/c1-29-20-7-4-6-19(17-20)23(28)26-15-13-25(14-16-26)22(27)10-12-24-11-9-18-5-2-3-8-21(18)24/h2-9,11,17H,10,12-16H2,1H3. The first-order chi connectivity index (χ1) is 14.2. The number of nitrogens with zero attached hydrogens (tertiary/aromatic N) is 3. The maximum Gasteiger partial charge on any atom is 0.254 e. The summed E-state index contributed by atoms with van der Waals surface area (Å²) in [6.07, 6.45) is 2.49. The molecular weight excluding hydrogens is 366 g/mol. The highest BCUT2D eigenvalue weighted by atomic mass is 16.5. The van der Waals surface area contributed by atoms with Gasteiger partial charge in [-0.2, -0.15) is 0 Å². The largest absolute Gasteiger partial charge is 0.497 e. The van der Waals surface area contributed by atoms with Crippen LogP contribution in [-0.4, -0.2) is 59.5 Å². The van der Waals surface area contributed by atoms with Crippen LogP contribution in [0.2, 0.25) is 0 Å². The van der Waals surface area contributed by atoms with Crippen LogP contribution < -0.4 is 4.74 Å². The lowest BCUT2D eigenvalue weighted by Crippen LogP contribution is -2.50. The van der Waals surface area contributed by atoms with Gasteiger partial charge in [-0.3, -0.25) is 9.59 Å². The van der Waals surface area contributed by atoms with Crippen molar-refractivity contribution in [1.29, 1.82) is 0 Å². The van der Waals surface area contributed by atoms with E-state index in [1.807, 2.05) is 35.4 Å². The van der Waals surface area contributed by atoms with E-state index in [9.17, 15) is 9.59 Å². The Bertz CT molecular complexity index is 1020. The zero-order valence-electron chi connectivity index (χ0n) is 16.6. The van der Waals surface area contributed by atoms with E-state index >= 15 is 0 Å². The van der Waals surface area contributed by atoms with Crippen LogP contribution in [0.5, 0.6) is 5.75 Å². The maximum atomic E-state index is 12.7. The topological polar surface area (TPSA) is 54.8 Å². The summed E-state index contributed by atoms with van der Waals surface area (Å²) in [5, 5.41) is 1.18. The first-order valence-corrected chi connectivity index (χ1v) is 9.91. The van der Waals surface area contributed by atoms with Crippen molar-refractivity contribution in [3.63, 3.8) is 0 Å². The van der Waals surface area contributed by atoms with E-state index in [-0.39, 0.29) is 11.8 Å². The molecule has 29 heavy (non-hydrogen) atoms. The highest BCUT2D eigenvalue weighted by Crippen LogP contribution is 2.17. The number of fused-ring (bicyclic) bond motifs is 1. The summed E-state index contributed by atoms with van der Waals surface area (Å²) in [4.78, 5) is 29.0. The summed E-state index contributed by atoms with van der Waals surface area (Å²) in [5.74, 6) is 0.785. The third-order valence-electron chi connectivity index (χ3n) is 5.48. The number of hydrogen-bond acceptors (Lipinski definition) is 3. The Morgan fingerprint density at radius 1 is 0.931 bits per heavy atom. The minimum Gasteiger partial charge on any atom is -0.497 e. The average molecular weight is 391 g/mol. The second-order valence-electron chi connectivity index (χ2n) is 7.22. The Kier molecular flexibility index (Phi) is 5.51. The molecule has 1 aliphatic rings. The lowest BCUT2D eigenvalue weighted by Gasteiger charge is -2.35. The van der Waals surface area contributed by atoms with Gasteiger partial charge in [-0.15, -0.1) is 0 Å². The van der Waals surface area contributed by atoms with Gasteiger partial charge in [0.1, 0.15) is 5.75 Å². The molecule has 0 N–H and O–H groups in total. The van der Waals surface area contributed by atoms with Gasteiger partial charge in [0.15, 0.2) is 0 Å². The number of ether oxygens (including phenoxy) is 1. The van der Waals surface area contributed by atoms with Gasteiger partial charge in [-0.05, 0) is 35.7 Å². The number of aryl methyl sites for hydroxylation is 1. The Hall–Kier alpha value is -3.28. The van der Waals surface area contributed by atoms with Crippen molar-refractivity contribution >= 4 is 22.7 Å². The highest BCUT2D eigenvalue weighted by Gasteiger charge is 2.25. The maximum absolute atomic E-state index is 12.7. The molecule has 1 aliphatic heterocycles. The van der Waals surface area contributed by atoms with Crippen LogP contribution in [0.25, 0.3) is 10.9 Å². The lowest BCUT2D eigenvalue weighted by molar-refractivity contribution is -0.132. The third-order valence-corrected chi connectivity index (χ3v) is 5.48. The minimum absolute atomic E-state index is 0.0187. The third kappa shape index (κ3) is 4.11. The number of carbonyl (C=O) groups excluding carboxylic acids is 2. The predicted molar refractivity (Wildman–Crippen MR) is 112 cm³/mol. The van der Waals surface area contributed by atoms with E-state index in [0.717, 1.165) is 5.52 Å². The minimum atomic E-state index is -0.0187. The molecule has 0 bridgehead atoms. The molecule has 150 valence electrons. The first kappa shape index (κ1) is 19.1. The molecule has 0 spiro atoms. The van der Waals surface area contributed by atoms with Crippen molar-refractivity contribution in [2.75, 3.05) is 33.3 Å². The van der Waals surface area contributed by atoms with Crippen LogP contribution in [0.4, 0.5) is 0 Å². The summed E-state index contributed by atoms with van der Waals surface area (Å²) in [6, 6.07) is 17.4. The molecule has 2 heterocycles. The van der Waals surface area contributed by atoms with Crippen molar-refractivity contribution < 1.29 is 14.3 Å². The highest BCUT2D eigenvalue weighted by molar-refractivity contribution is 5.94. The zero-order valence-corrected chi connectivity index (χ0v) is 16.6. The van der Waals surface area contributed by atoms with E-state index in [1.165, 1.54) is 5.39 Å². The Labute approximate surface area is 170 Å². The zero-order chi connectivity index (χ0) is 20.2. The summed E-state index contributed by atoms with van der Waals surface area (Å²) in [5.41, 5.74) is 1.76. The van der Waals surface area contributed by atoms with Gasteiger partial charge < -0.3 is 19.1 Å². The van der Waals surface area contributed by atoms with E-state index in [4.69, 9.17) is 4.74 Å². The fourth-order valence-corrected chi connectivity index (χ4v) is 3.81. The first-order valence-electron chi connectivity index (χ1n) is 9.91. The van der Waals surface area contributed by atoms with Crippen LogP contribution in [0.15, 0.2) is 60.8 Å². The normalized spacial score (nSPS) is 14.2. The molecule has 0 saturated carbocycles. The smallest absolute Gasteiger partial charge is 0.254 e. The van der Waals surface area contributed by atoms with Gasteiger partial charge in [0.05, 0.1) is 7.11 Å². The van der Waals surface area contributed by atoms with Crippen LogP contribution in [0.1, 0.15) is 16.8 Å². The molecule has 1 fully saturated rings. The van der Waals surface area contributed by atoms with Gasteiger partial charge >= 0.3 is 0 Å². The van der Waals surface area contributed by atoms with Crippen molar-refractivity contribution in [2.24, 2.45) is 0 Å². The molecule has 0 atom stereocenters. The lowest BCUT2D eigenvalue weighted by atomic mass is 10.1. The van der Waals surface area contributed by atoms with Crippen molar-refractivity contribution in [3.05, 3.63) is 66.4 Å². The number of benzene rings is 2. The molecule has 0 aliphatic carbocycles. The fourth-order valence-electron chi connectivity index (χ4n) is 3.81. The van der Waals surface area contributed by atoms with Crippen LogP contribution in [-0.2, 0) is 11.3 Å². The van der Waals surface area contributed by atoms with Gasteiger partial charge in [-0.1, -0.05) is 24.3 Å². The summed E-state index contributed by atoms with van der Waals surface area (Å²) >= 11 is 0. The second kappa shape index (κ2) is 8.39. The fraction of sp³-hybridized carbons (Fsp3) is 0.304. The van der Waals surface area contributed by atoms with Crippen molar-refractivity contribution in [3.8, 4) is 5.75 Å². The monoisotopic (exact) mass is 391 g/mol. The van der Waals surface area contributed by atoms with Crippen LogP contribution >= 0.6 is 0 Å². The van der Waals surface area contributed by atoms with E-state index in [2.05, 4.69) is 22.8 Å². The molecule has 0 radical (unpaired) electrons. The predicted octanol–water partition coefficient (Wildman–Crippen LogP) is 3.02. The number of piperazine rings is 1.